The number of pyridine rings is 1. The third-order valence-electron chi connectivity index (χ3n) is 2.51. The predicted octanol–water partition coefficient (Wildman–Crippen LogP) is 1.17. The molecule has 0 saturated carbocycles. The lowest BCUT2D eigenvalue weighted by molar-refractivity contribution is -0.389. The number of anilines is 1. The van der Waals surface area contributed by atoms with Gasteiger partial charge in [-0.15, -0.1) is 0 Å². The summed E-state index contributed by atoms with van der Waals surface area (Å²) < 4.78 is 0. The smallest absolute Gasteiger partial charge is 0.363 e. The number of nitro groups is 1. The molecule has 0 saturated heterocycles. The Kier molecular flexibility index (Phi) is 4.19. The Labute approximate surface area is 105 Å². The molecule has 1 aromatic heterocycles. The summed E-state index contributed by atoms with van der Waals surface area (Å²) in [4.78, 5) is 25.1. The highest BCUT2D eigenvalue weighted by Gasteiger charge is 2.26. The second-order valence-corrected chi connectivity index (χ2v) is 4.48. The number of nitrogens with zero attached hydrogens (tertiary/aromatic N) is 2. The minimum atomic E-state index is -0.573. The summed E-state index contributed by atoms with van der Waals surface area (Å²) in [5, 5.41) is 16.0. The number of nitrogens with one attached hydrogen (secondary N) is 2. The molecule has 98 valence electrons. The van der Waals surface area contributed by atoms with Crippen LogP contribution < -0.4 is 10.6 Å². The zero-order valence-electron chi connectivity index (χ0n) is 10.6. The van der Waals surface area contributed by atoms with Crippen molar-refractivity contribution >= 4 is 17.4 Å². The Morgan fingerprint density at radius 2 is 2.17 bits per heavy atom. The SMILES string of the molecule is CNC(=O)C(C)(C)CNc1ccc([N+](=O)[O-])nc1. The number of hydrogen-bond acceptors (Lipinski definition) is 5. The Morgan fingerprint density at radius 1 is 1.50 bits per heavy atom. The number of aromatic nitrogens is 1. The van der Waals surface area contributed by atoms with E-state index < -0.39 is 10.3 Å². The van der Waals surface area contributed by atoms with Crippen LogP contribution in [0.1, 0.15) is 13.8 Å². The summed E-state index contributed by atoms with van der Waals surface area (Å²) in [7, 11) is 1.58. The molecule has 0 aromatic carbocycles. The van der Waals surface area contributed by atoms with Gasteiger partial charge in [0.05, 0.1) is 11.1 Å². The molecule has 7 nitrogen and oxygen atoms in total. The van der Waals surface area contributed by atoms with Crippen molar-refractivity contribution in [1.29, 1.82) is 0 Å². The van der Waals surface area contributed by atoms with Gasteiger partial charge >= 0.3 is 5.82 Å². The molecule has 1 aromatic rings. The van der Waals surface area contributed by atoms with Crippen LogP contribution in [0, 0.1) is 15.5 Å². The average Bonchev–Trinajstić information content (AvgIpc) is 2.35. The molecule has 1 amide bonds. The van der Waals surface area contributed by atoms with Crippen LogP contribution in [0.25, 0.3) is 0 Å². The third kappa shape index (κ3) is 3.41. The van der Waals surface area contributed by atoms with E-state index in [0.29, 0.717) is 12.2 Å². The molecule has 0 aliphatic rings. The van der Waals surface area contributed by atoms with Crippen LogP contribution in [0.5, 0.6) is 0 Å². The molecule has 0 aliphatic heterocycles. The molecule has 7 heteroatoms. The fourth-order valence-corrected chi connectivity index (χ4v) is 1.34. The normalized spacial score (nSPS) is 10.8. The van der Waals surface area contributed by atoms with Gasteiger partial charge < -0.3 is 20.7 Å². The highest BCUT2D eigenvalue weighted by atomic mass is 16.6. The number of carbonyl (C=O) groups excluding carboxylic acids is 1. The van der Waals surface area contributed by atoms with Crippen molar-refractivity contribution < 1.29 is 9.72 Å². The molecular formula is C11H16N4O3. The van der Waals surface area contributed by atoms with Crippen molar-refractivity contribution in [2.45, 2.75) is 13.8 Å². The van der Waals surface area contributed by atoms with Crippen LogP contribution in [-0.2, 0) is 4.79 Å². The lowest BCUT2D eigenvalue weighted by Gasteiger charge is -2.23. The second kappa shape index (κ2) is 5.44. The first-order chi connectivity index (χ1) is 8.36. The lowest BCUT2D eigenvalue weighted by atomic mass is 9.92. The Morgan fingerprint density at radius 3 is 2.61 bits per heavy atom. The molecule has 2 N–H and O–H groups in total. The quantitative estimate of drug-likeness (QED) is 0.605. The molecule has 0 fully saturated rings. The molecule has 0 radical (unpaired) electrons. The first-order valence-corrected chi connectivity index (χ1v) is 5.43. The molecule has 0 bridgehead atoms. The number of carbonyl (C=O) groups is 1. The molecule has 0 aliphatic carbocycles. The minimum Gasteiger partial charge on any atom is -0.381 e. The molecule has 1 heterocycles. The molecule has 18 heavy (non-hydrogen) atoms. The highest BCUT2D eigenvalue weighted by Crippen LogP contribution is 2.17. The van der Waals surface area contributed by atoms with E-state index in [9.17, 15) is 14.9 Å². The Bertz CT molecular complexity index is 442. The van der Waals surface area contributed by atoms with Crippen LogP contribution >= 0.6 is 0 Å². The number of amides is 1. The van der Waals surface area contributed by atoms with E-state index in [4.69, 9.17) is 0 Å². The lowest BCUT2D eigenvalue weighted by Crippen LogP contribution is -2.39. The van der Waals surface area contributed by atoms with Crippen molar-refractivity contribution in [3.05, 3.63) is 28.4 Å². The van der Waals surface area contributed by atoms with E-state index in [1.165, 1.54) is 12.3 Å². The van der Waals surface area contributed by atoms with E-state index in [1.54, 1.807) is 27.0 Å². The average molecular weight is 252 g/mol. The Hall–Kier alpha value is -2.18. The van der Waals surface area contributed by atoms with Crippen LogP contribution in [-0.4, -0.2) is 29.4 Å². The highest BCUT2D eigenvalue weighted by molar-refractivity contribution is 5.82. The van der Waals surface area contributed by atoms with Gasteiger partial charge in [-0.3, -0.25) is 4.79 Å². The van der Waals surface area contributed by atoms with E-state index >= 15 is 0 Å². The monoisotopic (exact) mass is 252 g/mol. The van der Waals surface area contributed by atoms with Crippen LogP contribution in [0.3, 0.4) is 0 Å². The molecule has 0 atom stereocenters. The summed E-state index contributed by atoms with van der Waals surface area (Å²) in [6, 6.07) is 2.88. The predicted molar refractivity (Wildman–Crippen MR) is 67.2 cm³/mol. The standard InChI is InChI=1S/C11H16N4O3/c1-11(2,10(16)12-3)7-14-8-4-5-9(13-6-8)15(17)18/h4-6,14H,7H2,1-3H3,(H,12,16). The fraction of sp³-hybridized carbons (Fsp3) is 0.455. The van der Waals surface area contributed by atoms with Crippen molar-refractivity contribution in [3.63, 3.8) is 0 Å². The second-order valence-electron chi connectivity index (χ2n) is 4.48. The van der Waals surface area contributed by atoms with Crippen molar-refractivity contribution in [2.75, 3.05) is 18.9 Å². The summed E-state index contributed by atoms with van der Waals surface area (Å²) in [5.41, 5.74) is 0.0638. The summed E-state index contributed by atoms with van der Waals surface area (Å²) in [6.45, 7) is 4.02. The molecule has 0 unspecified atom stereocenters. The van der Waals surface area contributed by atoms with Crippen molar-refractivity contribution in [2.24, 2.45) is 5.41 Å². The van der Waals surface area contributed by atoms with E-state index in [1.807, 2.05) is 0 Å². The maximum Gasteiger partial charge on any atom is 0.363 e. The van der Waals surface area contributed by atoms with Crippen molar-refractivity contribution in [3.8, 4) is 0 Å². The first-order valence-electron chi connectivity index (χ1n) is 5.43. The largest absolute Gasteiger partial charge is 0.381 e. The maximum atomic E-state index is 11.5. The van der Waals surface area contributed by atoms with Gasteiger partial charge in [-0.05, 0) is 29.8 Å². The van der Waals surface area contributed by atoms with Crippen molar-refractivity contribution in [1.82, 2.24) is 10.3 Å². The van der Waals surface area contributed by atoms with E-state index in [-0.39, 0.29) is 11.7 Å². The van der Waals surface area contributed by atoms with Gasteiger partial charge in [0.2, 0.25) is 5.91 Å². The summed E-state index contributed by atoms with van der Waals surface area (Å²) >= 11 is 0. The van der Waals surface area contributed by atoms with Gasteiger partial charge in [0.1, 0.15) is 0 Å². The maximum absolute atomic E-state index is 11.5. The van der Waals surface area contributed by atoms with Crippen LogP contribution in [0.2, 0.25) is 0 Å². The zero-order valence-corrected chi connectivity index (χ0v) is 10.6. The molecule has 0 spiro atoms. The zero-order chi connectivity index (χ0) is 13.8. The number of rotatable bonds is 5. The summed E-state index contributed by atoms with van der Waals surface area (Å²) in [5.74, 6) is -0.281. The molecule has 1 rings (SSSR count). The van der Waals surface area contributed by atoms with Crippen LogP contribution in [0.15, 0.2) is 18.3 Å². The van der Waals surface area contributed by atoms with E-state index in [2.05, 4.69) is 15.6 Å². The minimum absolute atomic E-state index is 0.0788. The summed E-state index contributed by atoms with van der Waals surface area (Å²) in [6.07, 6.45) is 1.37. The first kappa shape index (κ1) is 13.9. The van der Waals surface area contributed by atoms with Gasteiger partial charge in [-0.1, -0.05) is 0 Å². The van der Waals surface area contributed by atoms with Gasteiger partial charge in [0.25, 0.3) is 0 Å². The van der Waals surface area contributed by atoms with Crippen LogP contribution in [0.4, 0.5) is 11.5 Å². The Balaban J connectivity index is 2.64. The number of hydrogen-bond donors (Lipinski definition) is 2. The molecular weight excluding hydrogens is 236 g/mol. The van der Waals surface area contributed by atoms with E-state index in [0.717, 1.165) is 0 Å². The van der Waals surface area contributed by atoms with Gasteiger partial charge in [0, 0.05) is 19.7 Å². The topological polar surface area (TPSA) is 97.2 Å². The van der Waals surface area contributed by atoms with Gasteiger partial charge in [-0.2, -0.15) is 0 Å². The van der Waals surface area contributed by atoms with Gasteiger partial charge in [0.15, 0.2) is 6.20 Å². The third-order valence-corrected chi connectivity index (χ3v) is 2.51. The fourth-order valence-electron chi connectivity index (χ4n) is 1.34. The van der Waals surface area contributed by atoms with Gasteiger partial charge in [-0.25, -0.2) is 0 Å².